The Labute approximate surface area is 171 Å². The van der Waals surface area contributed by atoms with Gasteiger partial charge in [0.2, 0.25) is 5.91 Å². The third kappa shape index (κ3) is 3.46. The zero-order valence-electron chi connectivity index (χ0n) is 15.7. The van der Waals surface area contributed by atoms with Gasteiger partial charge in [0, 0.05) is 10.7 Å². The van der Waals surface area contributed by atoms with Crippen LogP contribution >= 0.6 is 11.6 Å². The van der Waals surface area contributed by atoms with Crippen LogP contribution in [0.3, 0.4) is 0 Å². The van der Waals surface area contributed by atoms with Gasteiger partial charge in [-0.1, -0.05) is 43.0 Å². The van der Waals surface area contributed by atoms with E-state index in [1.807, 2.05) is 24.3 Å². The molecule has 4 nitrogen and oxygen atoms in total. The Morgan fingerprint density at radius 1 is 0.929 bits per heavy atom. The first-order valence-electron chi connectivity index (χ1n) is 9.83. The van der Waals surface area contributed by atoms with Crippen molar-refractivity contribution in [3.8, 4) is 0 Å². The molecule has 2 saturated carbocycles. The minimum absolute atomic E-state index is 0.0486. The fraction of sp³-hybridized carbons (Fsp3) is 0.409. The lowest BCUT2D eigenvalue weighted by molar-refractivity contribution is -0.124. The van der Waals surface area contributed by atoms with E-state index in [1.165, 1.54) is 0 Å². The molecule has 0 heterocycles. The average molecular weight is 418 g/mol. The van der Waals surface area contributed by atoms with Gasteiger partial charge in [-0.2, -0.15) is 0 Å². The molecule has 28 heavy (non-hydrogen) atoms. The predicted octanol–water partition coefficient (Wildman–Crippen LogP) is 5.12. The second-order valence-corrected chi connectivity index (χ2v) is 10.5. The van der Waals surface area contributed by atoms with Crippen LogP contribution < -0.4 is 5.32 Å². The van der Waals surface area contributed by atoms with Crippen molar-refractivity contribution in [2.24, 2.45) is 0 Å². The zero-order chi connectivity index (χ0) is 19.8. The van der Waals surface area contributed by atoms with E-state index in [9.17, 15) is 13.2 Å². The van der Waals surface area contributed by atoms with Gasteiger partial charge in [0.05, 0.1) is 15.6 Å². The molecule has 0 aliphatic heterocycles. The maximum absolute atomic E-state index is 13.0. The first-order chi connectivity index (χ1) is 13.4. The number of hydrogen-bond acceptors (Lipinski definition) is 3. The molecule has 0 aromatic heterocycles. The lowest BCUT2D eigenvalue weighted by Gasteiger charge is -2.40. The number of halogens is 1. The molecule has 0 spiro atoms. The topological polar surface area (TPSA) is 63.2 Å². The molecular formula is C22H24ClNO3S. The van der Waals surface area contributed by atoms with E-state index in [0.29, 0.717) is 15.6 Å². The molecule has 0 bridgehead atoms. The van der Waals surface area contributed by atoms with E-state index in [4.69, 9.17) is 11.6 Å². The third-order valence-corrected chi connectivity index (χ3v) is 8.75. The van der Waals surface area contributed by atoms with E-state index in [-0.39, 0.29) is 11.2 Å². The summed E-state index contributed by atoms with van der Waals surface area (Å²) in [7, 11) is -3.28. The molecule has 1 N–H and O–H groups in total. The first-order valence-corrected chi connectivity index (χ1v) is 11.8. The van der Waals surface area contributed by atoms with Crippen LogP contribution in [0.5, 0.6) is 0 Å². The molecule has 0 saturated heterocycles. The summed E-state index contributed by atoms with van der Waals surface area (Å²) in [6.07, 6.45) is 6.04. The van der Waals surface area contributed by atoms with Crippen LogP contribution in [0.25, 0.3) is 0 Å². The molecule has 0 atom stereocenters. The molecule has 2 fully saturated rings. The molecule has 1 amide bonds. The highest BCUT2D eigenvalue weighted by atomic mass is 35.5. The van der Waals surface area contributed by atoms with Gasteiger partial charge in [-0.25, -0.2) is 8.42 Å². The van der Waals surface area contributed by atoms with Crippen LogP contribution in [0.1, 0.15) is 50.5 Å². The average Bonchev–Trinajstić information content (AvgIpc) is 3.18. The van der Waals surface area contributed by atoms with Crippen molar-refractivity contribution >= 4 is 33.0 Å². The minimum atomic E-state index is -3.28. The summed E-state index contributed by atoms with van der Waals surface area (Å²) in [6, 6.07) is 14.1. The highest BCUT2D eigenvalue weighted by Gasteiger charge is 2.45. The van der Waals surface area contributed by atoms with Gasteiger partial charge in [-0.15, -0.1) is 0 Å². The fourth-order valence-electron chi connectivity index (χ4n) is 4.32. The van der Waals surface area contributed by atoms with Gasteiger partial charge in [0.15, 0.2) is 9.84 Å². The summed E-state index contributed by atoms with van der Waals surface area (Å²) in [5.41, 5.74) is 1.07. The molecule has 0 unspecified atom stereocenters. The largest absolute Gasteiger partial charge is 0.325 e. The second kappa shape index (κ2) is 7.53. The monoisotopic (exact) mass is 417 g/mol. The summed E-state index contributed by atoms with van der Waals surface area (Å²) >= 11 is 5.98. The van der Waals surface area contributed by atoms with Gasteiger partial charge in [0.1, 0.15) is 0 Å². The van der Waals surface area contributed by atoms with E-state index in [2.05, 4.69) is 5.32 Å². The number of nitrogens with one attached hydrogen (secondary N) is 1. The molecular weight excluding hydrogens is 394 g/mol. The quantitative estimate of drug-likeness (QED) is 0.734. The molecule has 2 aliphatic rings. The summed E-state index contributed by atoms with van der Waals surface area (Å²) in [6.45, 7) is 0. The van der Waals surface area contributed by atoms with Crippen molar-refractivity contribution in [1.82, 2.24) is 0 Å². The number of amides is 1. The number of sulfone groups is 1. The van der Waals surface area contributed by atoms with Crippen LogP contribution in [0.4, 0.5) is 5.69 Å². The van der Waals surface area contributed by atoms with Crippen LogP contribution in [0.15, 0.2) is 53.4 Å². The number of carbonyl (C=O) groups excluding carboxylic acids is 1. The Hall–Kier alpha value is -1.85. The normalized spacial score (nSPS) is 19.2. The molecule has 4 rings (SSSR count). The van der Waals surface area contributed by atoms with Gasteiger partial charge in [-0.05, 0) is 67.6 Å². The zero-order valence-corrected chi connectivity index (χ0v) is 17.2. The Morgan fingerprint density at radius 2 is 1.54 bits per heavy atom. The van der Waals surface area contributed by atoms with E-state index in [0.717, 1.165) is 50.5 Å². The molecule has 2 aromatic carbocycles. The number of hydrogen-bond donors (Lipinski definition) is 1. The third-order valence-electron chi connectivity index (χ3n) is 6.22. The lowest BCUT2D eigenvalue weighted by Crippen LogP contribution is -2.46. The lowest BCUT2D eigenvalue weighted by atomic mass is 9.64. The molecule has 6 heteroatoms. The van der Waals surface area contributed by atoms with Crippen molar-refractivity contribution in [2.45, 2.75) is 60.5 Å². The van der Waals surface area contributed by atoms with E-state index < -0.39 is 15.3 Å². The standard InChI is InChI=1S/C22H24ClNO3S/c23-17-8-6-16(7-9-17)22(14-3-15-22)21(25)24-18-10-12-20(13-11-18)28(26,27)19-4-1-2-5-19/h6-13,19H,1-5,14-15H2,(H,24,25). The number of anilines is 1. The van der Waals surface area contributed by atoms with Crippen LogP contribution in [-0.2, 0) is 20.0 Å². The van der Waals surface area contributed by atoms with Gasteiger partial charge >= 0.3 is 0 Å². The first kappa shape index (κ1) is 19.5. The van der Waals surface area contributed by atoms with Crippen molar-refractivity contribution in [3.05, 3.63) is 59.1 Å². The van der Waals surface area contributed by atoms with E-state index >= 15 is 0 Å². The smallest absolute Gasteiger partial charge is 0.235 e. The maximum Gasteiger partial charge on any atom is 0.235 e. The highest BCUT2D eigenvalue weighted by molar-refractivity contribution is 7.92. The Kier molecular flexibility index (Phi) is 5.23. The van der Waals surface area contributed by atoms with Gasteiger partial charge in [-0.3, -0.25) is 4.79 Å². The molecule has 2 aromatic rings. The summed E-state index contributed by atoms with van der Waals surface area (Å²) in [4.78, 5) is 13.4. The Morgan fingerprint density at radius 3 is 2.07 bits per heavy atom. The summed E-state index contributed by atoms with van der Waals surface area (Å²) < 4.78 is 25.4. The molecule has 2 aliphatic carbocycles. The van der Waals surface area contributed by atoms with Crippen LogP contribution in [-0.4, -0.2) is 19.6 Å². The van der Waals surface area contributed by atoms with Crippen LogP contribution in [0, 0.1) is 0 Å². The van der Waals surface area contributed by atoms with Crippen molar-refractivity contribution in [3.63, 3.8) is 0 Å². The van der Waals surface area contributed by atoms with Crippen molar-refractivity contribution < 1.29 is 13.2 Å². The Balaban J connectivity index is 1.51. The minimum Gasteiger partial charge on any atom is -0.325 e. The molecule has 0 radical (unpaired) electrons. The molecule has 148 valence electrons. The fourth-order valence-corrected chi connectivity index (χ4v) is 6.30. The van der Waals surface area contributed by atoms with Crippen molar-refractivity contribution in [2.75, 3.05) is 5.32 Å². The number of rotatable bonds is 5. The van der Waals surface area contributed by atoms with E-state index in [1.54, 1.807) is 24.3 Å². The van der Waals surface area contributed by atoms with Crippen LogP contribution in [0.2, 0.25) is 5.02 Å². The summed E-state index contributed by atoms with van der Waals surface area (Å²) in [5, 5.41) is 3.36. The van der Waals surface area contributed by atoms with Gasteiger partial charge < -0.3 is 5.32 Å². The highest BCUT2D eigenvalue weighted by Crippen LogP contribution is 2.45. The summed E-state index contributed by atoms with van der Waals surface area (Å²) in [5.74, 6) is -0.0486. The SMILES string of the molecule is O=C(Nc1ccc(S(=O)(=O)C2CCCC2)cc1)C1(c2ccc(Cl)cc2)CCC1. The predicted molar refractivity (Wildman–Crippen MR) is 111 cm³/mol. The maximum atomic E-state index is 13.0. The second-order valence-electron chi connectivity index (χ2n) is 7.87. The number of benzene rings is 2. The number of carbonyl (C=O) groups is 1. The van der Waals surface area contributed by atoms with Crippen molar-refractivity contribution in [1.29, 1.82) is 0 Å². The Bertz CT molecular complexity index is 958. The van der Waals surface area contributed by atoms with Gasteiger partial charge in [0.25, 0.3) is 0 Å².